The van der Waals surface area contributed by atoms with Crippen molar-refractivity contribution < 1.29 is 13.5 Å². The number of nitrogens with one attached hydrogen (secondary N) is 1. The summed E-state index contributed by atoms with van der Waals surface area (Å²) in [5, 5.41) is 7.31. The van der Waals surface area contributed by atoms with Crippen LogP contribution >= 0.6 is 0 Å². The molecule has 1 aromatic heterocycles. The first kappa shape index (κ1) is 14.4. The summed E-state index contributed by atoms with van der Waals surface area (Å²) in [4.78, 5) is 4.11. The van der Waals surface area contributed by atoms with Gasteiger partial charge in [-0.2, -0.15) is 13.9 Å². The number of benzene rings is 1. The van der Waals surface area contributed by atoms with E-state index in [1.54, 1.807) is 29.2 Å². The lowest BCUT2D eigenvalue weighted by molar-refractivity contribution is -0.0504. The van der Waals surface area contributed by atoms with E-state index in [9.17, 15) is 8.78 Å². The van der Waals surface area contributed by atoms with Crippen molar-refractivity contribution >= 4 is 0 Å². The molecule has 0 atom stereocenters. The highest BCUT2D eigenvalue weighted by molar-refractivity contribution is 5.33. The van der Waals surface area contributed by atoms with Crippen molar-refractivity contribution in [2.45, 2.75) is 19.6 Å². The number of hydrogen-bond donors (Lipinski definition) is 1. The summed E-state index contributed by atoms with van der Waals surface area (Å²) in [6.07, 6.45) is 2.32. The maximum absolute atomic E-state index is 12.3. The number of alkyl halides is 2. The highest BCUT2D eigenvalue weighted by Gasteiger charge is 2.08. The lowest BCUT2D eigenvalue weighted by Gasteiger charge is -2.10. The zero-order valence-corrected chi connectivity index (χ0v) is 11.1. The standard InChI is InChI=1S/C13H16F2N4O/c1-19-9-17-12(18-19)6-7-16-8-10-4-2-3-5-11(10)20-13(14)15/h2-5,9,13,16H,6-8H2,1H3. The summed E-state index contributed by atoms with van der Waals surface area (Å²) in [6, 6.07) is 6.74. The van der Waals surface area contributed by atoms with Crippen molar-refractivity contribution in [2.24, 2.45) is 7.05 Å². The number of aryl methyl sites for hydroxylation is 1. The minimum absolute atomic E-state index is 0.200. The minimum Gasteiger partial charge on any atom is -0.434 e. The number of ether oxygens (including phenoxy) is 1. The fourth-order valence-electron chi connectivity index (χ4n) is 1.78. The minimum atomic E-state index is -2.81. The van der Waals surface area contributed by atoms with Gasteiger partial charge in [0.25, 0.3) is 0 Å². The Morgan fingerprint density at radius 1 is 1.35 bits per heavy atom. The molecule has 0 saturated heterocycles. The second kappa shape index (κ2) is 6.95. The molecule has 5 nitrogen and oxygen atoms in total. The molecule has 0 aliphatic carbocycles. The summed E-state index contributed by atoms with van der Waals surface area (Å²) < 4.78 is 30.6. The van der Waals surface area contributed by atoms with E-state index in [2.05, 4.69) is 20.1 Å². The Morgan fingerprint density at radius 3 is 2.85 bits per heavy atom. The summed E-state index contributed by atoms with van der Waals surface area (Å²) in [6.45, 7) is -1.70. The molecule has 1 N–H and O–H groups in total. The molecule has 7 heteroatoms. The van der Waals surface area contributed by atoms with Crippen LogP contribution in [-0.2, 0) is 20.0 Å². The van der Waals surface area contributed by atoms with Gasteiger partial charge in [-0.3, -0.25) is 4.68 Å². The van der Waals surface area contributed by atoms with Gasteiger partial charge in [0.2, 0.25) is 0 Å². The zero-order valence-electron chi connectivity index (χ0n) is 11.1. The van der Waals surface area contributed by atoms with Gasteiger partial charge in [0.1, 0.15) is 12.1 Å². The molecule has 108 valence electrons. The van der Waals surface area contributed by atoms with E-state index in [0.29, 0.717) is 25.1 Å². The van der Waals surface area contributed by atoms with Crippen molar-refractivity contribution in [3.05, 3.63) is 42.0 Å². The lowest BCUT2D eigenvalue weighted by atomic mass is 10.2. The number of nitrogens with zero attached hydrogens (tertiary/aromatic N) is 3. The SMILES string of the molecule is Cn1cnc(CCNCc2ccccc2OC(F)F)n1. The number of aromatic nitrogens is 3. The Balaban J connectivity index is 1.81. The second-order valence-corrected chi connectivity index (χ2v) is 4.25. The van der Waals surface area contributed by atoms with Gasteiger partial charge in [0, 0.05) is 32.1 Å². The van der Waals surface area contributed by atoms with Crippen molar-refractivity contribution in [2.75, 3.05) is 6.54 Å². The number of halogens is 2. The largest absolute Gasteiger partial charge is 0.434 e. The van der Waals surface area contributed by atoms with Crippen LogP contribution in [0, 0.1) is 0 Å². The van der Waals surface area contributed by atoms with Crippen LogP contribution in [0.3, 0.4) is 0 Å². The third kappa shape index (κ3) is 4.27. The average Bonchev–Trinajstić information content (AvgIpc) is 2.81. The Bertz CT molecular complexity index is 545. The highest BCUT2D eigenvalue weighted by Crippen LogP contribution is 2.19. The van der Waals surface area contributed by atoms with E-state index in [0.717, 1.165) is 5.82 Å². The summed E-state index contributed by atoms with van der Waals surface area (Å²) in [5.74, 6) is 0.947. The van der Waals surface area contributed by atoms with Crippen LogP contribution in [-0.4, -0.2) is 27.9 Å². The number of rotatable bonds is 7. The molecule has 0 bridgehead atoms. The fraction of sp³-hybridized carbons (Fsp3) is 0.385. The van der Waals surface area contributed by atoms with Crippen molar-refractivity contribution in [1.29, 1.82) is 0 Å². The van der Waals surface area contributed by atoms with Gasteiger partial charge >= 0.3 is 6.61 Å². The molecule has 0 radical (unpaired) electrons. The Labute approximate surface area is 115 Å². The topological polar surface area (TPSA) is 52.0 Å². The highest BCUT2D eigenvalue weighted by atomic mass is 19.3. The van der Waals surface area contributed by atoms with E-state index in [-0.39, 0.29) is 5.75 Å². The van der Waals surface area contributed by atoms with E-state index in [4.69, 9.17) is 0 Å². The molecule has 20 heavy (non-hydrogen) atoms. The Morgan fingerprint density at radius 2 is 2.15 bits per heavy atom. The van der Waals surface area contributed by atoms with Crippen LogP contribution in [0.25, 0.3) is 0 Å². The van der Waals surface area contributed by atoms with Crippen molar-refractivity contribution in [1.82, 2.24) is 20.1 Å². The molecule has 1 heterocycles. The fourth-order valence-corrected chi connectivity index (χ4v) is 1.78. The molecular formula is C13H16F2N4O. The number of para-hydroxylation sites is 1. The van der Waals surface area contributed by atoms with Gasteiger partial charge in [0.15, 0.2) is 5.82 Å². The predicted octanol–water partition coefficient (Wildman–Crippen LogP) is 1.75. The Kier molecular flexibility index (Phi) is 5.00. The van der Waals surface area contributed by atoms with Crippen molar-refractivity contribution in [3.8, 4) is 5.75 Å². The molecule has 2 aromatic rings. The summed E-state index contributed by atoms with van der Waals surface area (Å²) >= 11 is 0. The summed E-state index contributed by atoms with van der Waals surface area (Å²) in [7, 11) is 1.81. The molecule has 1 aromatic carbocycles. The zero-order chi connectivity index (χ0) is 14.4. The van der Waals surface area contributed by atoms with Crippen LogP contribution in [0.15, 0.2) is 30.6 Å². The maximum atomic E-state index is 12.3. The van der Waals surface area contributed by atoms with Gasteiger partial charge in [-0.05, 0) is 6.07 Å². The summed E-state index contributed by atoms with van der Waals surface area (Å²) in [5.41, 5.74) is 0.696. The quantitative estimate of drug-likeness (QED) is 0.786. The van der Waals surface area contributed by atoms with Gasteiger partial charge < -0.3 is 10.1 Å². The maximum Gasteiger partial charge on any atom is 0.387 e. The normalized spacial score (nSPS) is 11.0. The van der Waals surface area contributed by atoms with Crippen molar-refractivity contribution in [3.63, 3.8) is 0 Å². The second-order valence-electron chi connectivity index (χ2n) is 4.25. The van der Waals surface area contributed by atoms with Gasteiger partial charge in [-0.1, -0.05) is 18.2 Å². The molecule has 0 fully saturated rings. The van der Waals surface area contributed by atoms with Gasteiger partial charge in [0.05, 0.1) is 0 Å². The molecule has 0 aliphatic rings. The van der Waals surface area contributed by atoms with Crippen LogP contribution in [0.4, 0.5) is 8.78 Å². The van der Waals surface area contributed by atoms with E-state index >= 15 is 0 Å². The first-order valence-electron chi connectivity index (χ1n) is 6.23. The molecule has 0 amide bonds. The third-order valence-corrected chi connectivity index (χ3v) is 2.68. The monoisotopic (exact) mass is 282 g/mol. The molecule has 0 spiro atoms. The first-order chi connectivity index (χ1) is 9.65. The van der Waals surface area contributed by atoms with Gasteiger partial charge in [-0.15, -0.1) is 0 Å². The van der Waals surface area contributed by atoms with Crippen LogP contribution in [0.5, 0.6) is 5.75 Å². The molecule has 0 saturated carbocycles. The molecule has 0 aliphatic heterocycles. The first-order valence-corrected chi connectivity index (χ1v) is 6.23. The van der Waals surface area contributed by atoms with Crippen LogP contribution < -0.4 is 10.1 Å². The predicted molar refractivity (Wildman–Crippen MR) is 69.5 cm³/mol. The van der Waals surface area contributed by atoms with E-state index in [1.165, 1.54) is 6.07 Å². The smallest absolute Gasteiger partial charge is 0.387 e. The molecular weight excluding hydrogens is 266 g/mol. The van der Waals surface area contributed by atoms with Crippen LogP contribution in [0.1, 0.15) is 11.4 Å². The van der Waals surface area contributed by atoms with E-state index in [1.807, 2.05) is 7.05 Å². The van der Waals surface area contributed by atoms with E-state index < -0.39 is 6.61 Å². The lowest BCUT2D eigenvalue weighted by Crippen LogP contribution is -2.18. The Hall–Kier alpha value is -2.02. The van der Waals surface area contributed by atoms with Gasteiger partial charge in [-0.25, -0.2) is 4.98 Å². The van der Waals surface area contributed by atoms with Crippen LogP contribution in [0.2, 0.25) is 0 Å². The third-order valence-electron chi connectivity index (χ3n) is 2.68. The number of hydrogen-bond acceptors (Lipinski definition) is 4. The average molecular weight is 282 g/mol. The molecule has 0 unspecified atom stereocenters. The molecule has 2 rings (SSSR count).